The Balaban J connectivity index is 1.93. The zero-order valence-electron chi connectivity index (χ0n) is 10.8. The number of para-hydroxylation sites is 2. The number of hydrogen-bond acceptors (Lipinski definition) is 2. The number of imidazole rings is 1. The van der Waals surface area contributed by atoms with E-state index in [1.165, 1.54) is 17.5 Å². The molecule has 18 heavy (non-hydrogen) atoms. The van der Waals surface area contributed by atoms with Crippen molar-refractivity contribution in [1.82, 2.24) is 9.55 Å². The second kappa shape index (κ2) is 4.58. The molecule has 1 atom stereocenters. The summed E-state index contributed by atoms with van der Waals surface area (Å²) < 4.78 is 2.19. The van der Waals surface area contributed by atoms with Crippen LogP contribution < -0.4 is 5.73 Å². The Morgan fingerprint density at radius 3 is 3.00 bits per heavy atom. The van der Waals surface area contributed by atoms with Crippen molar-refractivity contribution in [1.29, 1.82) is 0 Å². The van der Waals surface area contributed by atoms with Gasteiger partial charge in [-0.2, -0.15) is 0 Å². The number of benzene rings is 1. The molecule has 0 amide bonds. The molecule has 0 radical (unpaired) electrons. The van der Waals surface area contributed by atoms with Gasteiger partial charge >= 0.3 is 0 Å². The van der Waals surface area contributed by atoms with Gasteiger partial charge in [-0.15, -0.1) is 0 Å². The smallest absolute Gasteiger partial charge is 0.113 e. The van der Waals surface area contributed by atoms with Crippen LogP contribution in [0.15, 0.2) is 35.9 Å². The van der Waals surface area contributed by atoms with Gasteiger partial charge in [-0.3, -0.25) is 0 Å². The van der Waals surface area contributed by atoms with Crippen molar-refractivity contribution >= 4 is 11.0 Å². The molecule has 2 N–H and O–H groups in total. The van der Waals surface area contributed by atoms with Crippen LogP contribution in [0.3, 0.4) is 0 Å². The third-order valence-corrected chi connectivity index (χ3v) is 3.75. The van der Waals surface area contributed by atoms with Crippen molar-refractivity contribution in [3.8, 4) is 0 Å². The van der Waals surface area contributed by atoms with E-state index in [9.17, 15) is 0 Å². The SMILES string of the molecule is Cn1c(CC2=CC(N)CCC2)nc2ccccc21. The highest BCUT2D eigenvalue weighted by Crippen LogP contribution is 2.22. The summed E-state index contributed by atoms with van der Waals surface area (Å²) in [7, 11) is 2.09. The second-order valence-electron chi connectivity index (χ2n) is 5.13. The van der Waals surface area contributed by atoms with Gasteiger partial charge in [0.15, 0.2) is 0 Å². The Hall–Kier alpha value is -1.61. The highest BCUT2D eigenvalue weighted by molar-refractivity contribution is 5.75. The van der Waals surface area contributed by atoms with E-state index in [2.05, 4.69) is 35.9 Å². The topological polar surface area (TPSA) is 43.8 Å². The predicted octanol–water partition coefficient (Wildman–Crippen LogP) is 2.55. The number of nitrogens with two attached hydrogens (primary N) is 1. The van der Waals surface area contributed by atoms with Gasteiger partial charge < -0.3 is 10.3 Å². The quantitative estimate of drug-likeness (QED) is 0.821. The summed E-state index contributed by atoms with van der Waals surface area (Å²) in [5, 5.41) is 0. The fourth-order valence-electron chi connectivity index (χ4n) is 2.74. The van der Waals surface area contributed by atoms with Crippen molar-refractivity contribution in [2.45, 2.75) is 31.7 Å². The number of aryl methyl sites for hydroxylation is 1. The first-order valence-electron chi connectivity index (χ1n) is 6.59. The lowest BCUT2D eigenvalue weighted by Crippen LogP contribution is -2.21. The molecule has 0 fully saturated rings. The number of rotatable bonds is 2. The molecule has 0 saturated carbocycles. The maximum absolute atomic E-state index is 5.99. The largest absolute Gasteiger partial charge is 0.331 e. The van der Waals surface area contributed by atoms with Crippen LogP contribution in [0.1, 0.15) is 25.1 Å². The molecule has 1 aromatic heterocycles. The van der Waals surface area contributed by atoms with Crippen LogP contribution >= 0.6 is 0 Å². The highest BCUT2D eigenvalue weighted by atomic mass is 15.1. The molecule has 3 heteroatoms. The third kappa shape index (κ3) is 2.06. The summed E-state index contributed by atoms with van der Waals surface area (Å²) in [6.45, 7) is 0. The minimum Gasteiger partial charge on any atom is -0.331 e. The monoisotopic (exact) mass is 241 g/mol. The average molecular weight is 241 g/mol. The lowest BCUT2D eigenvalue weighted by atomic mass is 9.94. The Kier molecular flexibility index (Phi) is 2.92. The van der Waals surface area contributed by atoms with E-state index in [4.69, 9.17) is 10.7 Å². The van der Waals surface area contributed by atoms with Crippen molar-refractivity contribution < 1.29 is 0 Å². The second-order valence-corrected chi connectivity index (χ2v) is 5.13. The summed E-state index contributed by atoms with van der Waals surface area (Å²) in [6, 6.07) is 8.52. The molecule has 0 saturated heterocycles. The molecule has 94 valence electrons. The van der Waals surface area contributed by atoms with E-state index < -0.39 is 0 Å². The number of hydrogen-bond donors (Lipinski definition) is 1. The molecule has 3 nitrogen and oxygen atoms in total. The molecule has 0 aliphatic heterocycles. The highest BCUT2D eigenvalue weighted by Gasteiger charge is 2.13. The fraction of sp³-hybridized carbons (Fsp3) is 0.400. The van der Waals surface area contributed by atoms with E-state index in [0.717, 1.165) is 30.6 Å². The molecule has 2 aromatic rings. The van der Waals surface area contributed by atoms with Gasteiger partial charge in [0, 0.05) is 19.5 Å². The maximum atomic E-state index is 5.99. The summed E-state index contributed by atoms with van der Waals surface area (Å²) in [6.07, 6.45) is 6.64. The number of aromatic nitrogens is 2. The first-order chi connectivity index (χ1) is 8.74. The van der Waals surface area contributed by atoms with E-state index in [1.807, 2.05) is 6.07 Å². The Morgan fingerprint density at radius 1 is 1.39 bits per heavy atom. The average Bonchev–Trinajstić information content (AvgIpc) is 2.67. The van der Waals surface area contributed by atoms with Gasteiger partial charge in [-0.05, 0) is 31.4 Å². The molecule has 0 bridgehead atoms. The summed E-state index contributed by atoms with van der Waals surface area (Å²) >= 11 is 0. The van der Waals surface area contributed by atoms with Crippen molar-refractivity contribution in [2.24, 2.45) is 12.8 Å². The van der Waals surface area contributed by atoms with Crippen LogP contribution in [0.25, 0.3) is 11.0 Å². The molecule has 1 unspecified atom stereocenters. The van der Waals surface area contributed by atoms with E-state index >= 15 is 0 Å². The van der Waals surface area contributed by atoms with Crippen LogP contribution in [0.2, 0.25) is 0 Å². The zero-order chi connectivity index (χ0) is 12.5. The minimum atomic E-state index is 0.239. The van der Waals surface area contributed by atoms with Gasteiger partial charge in [0.05, 0.1) is 11.0 Å². The molecular formula is C15H19N3. The number of fused-ring (bicyclic) bond motifs is 1. The minimum absolute atomic E-state index is 0.239. The maximum Gasteiger partial charge on any atom is 0.113 e. The first kappa shape index (κ1) is 11.5. The van der Waals surface area contributed by atoms with Gasteiger partial charge in [-0.1, -0.05) is 23.8 Å². The van der Waals surface area contributed by atoms with E-state index in [0.29, 0.717) is 0 Å². The van der Waals surface area contributed by atoms with Crippen molar-refractivity contribution in [3.63, 3.8) is 0 Å². The number of allylic oxidation sites excluding steroid dienone is 1. The van der Waals surface area contributed by atoms with Crippen LogP contribution in [0.5, 0.6) is 0 Å². The Labute approximate surface area is 107 Å². The van der Waals surface area contributed by atoms with E-state index in [1.54, 1.807) is 0 Å². The first-order valence-corrected chi connectivity index (χ1v) is 6.59. The molecule has 1 heterocycles. The van der Waals surface area contributed by atoms with E-state index in [-0.39, 0.29) is 6.04 Å². The standard InChI is InChI=1S/C15H19N3/c1-18-14-8-3-2-7-13(14)17-15(18)10-11-5-4-6-12(16)9-11/h2-3,7-9,12H,4-6,10,16H2,1H3. The molecular weight excluding hydrogens is 222 g/mol. The normalized spacial score (nSPS) is 20.1. The van der Waals surface area contributed by atoms with Gasteiger partial charge in [0.2, 0.25) is 0 Å². The summed E-state index contributed by atoms with van der Waals surface area (Å²) in [5.74, 6) is 1.14. The summed E-state index contributed by atoms with van der Waals surface area (Å²) in [5.41, 5.74) is 9.71. The fourth-order valence-corrected chi connectivity index (χ4v) is 2.74. The van der Waals surface area contributed by atoms with Crippen molar-refractivity contribution in [3.05, 3.63) is 41.7 Å². The van der Waals surface area contributed by atoms with Crippen LogP contribution in [-0.4, -0.2) is 15.6 Å². The molecule has 3 rings (SSSR count). The Bertz CT molecular complexity index is 595. The van der Waals surface area contributed by atoms with Gasteiger partial charge in [0.1, 0.15) is 5.82 Å². The molecule has 1 aliphatic rings. The molecule has 1 aliphatic carbocycles. The predicted molar refractivity (Wildman–Crippen MR) is 74.3 cm³/mol. The molecule has 1 aromatic carbocycles. The number of nitrogens with zero attached hydrogens (tertiary/aromatic N) is 2. The van der Waals surface area contributed by atoms with Gasteiger partial charge in [-0.25, -0.2) is 4.98 Å². The summed E-state index contributed by atoms with van der Waals surface area (Å²) in [4.78, 5) is 4.71. The zero-order valence-corrected chi connectivity index (χ0v) is 10.8. The third-order valence-electron chi connectivity index (χ3n) is 3.75. The lowest BCUT2D eigenvalue weighted by molar-refractivity contribution is 0.612. The van der Waals surface area contributed by atoms with Crippen LogP contribution in [0, 0.1) is 0 Å². The van der Waals surface area contributed by atoms with Crippen LogP contribution in [-0.2, 0) is 13.5 Å². The Morgan fingerprint density at radius 2 is 2.22 bits per heavy atom. The van der Waals surface area contributed by atoms with Gasteiger partial charge in [0.25, 0.3) is 0 Å². The van der Waals surface area contributed by atoms with Crippen molar-refractivity contribution in [2.75, 3.05) is 0 Å². The van der Waals surface area contributed by atoms with Crippen LogP contribution in [0.4, 0.5) is 0 Å². The molecule has 0 spiro atoms. The lowest BCUT2D eigenvalue weighted by Gasteiger charge is -2.17.